The number of amides is 1. The molecule has 1 saturated carbocycles. The van der Waals surface area contributed by atoms with Gasteiger partial charge in [0.1, 0.15) is 12.4 Å². The molecule has 1 amide bonds. The highest BCUT2D eigenvalue weighted by Gasteiger charge is 2.38. The van der Waals surface area contributed by atoms with E-state index in [2.05, 4.69) is 22.4 Å². The smallest absolute Gasteiger partial charge is 0.240 e. The lowest BCUT2D eigenvalue weighted by Crippen LogP contribution is -2.50. The zero-order valence-corrected chi connectivity index (χ0v) is 15.3. The van der Waals surface area contributed by atoms with Crippen molar-refractivity contribution in [2.45, 2.75) is 82.9 Å². The lowest BCUT2D eigenvalue weighted by molar-refractivity contribution is -0.129. The molecule has 0 aromatic carbocycles. The zero-order valence-electron chi connectivity index (χ0n) is 14.5. The van der Waals surface area contributed by atoms with Gasteiger partial charge in [-0.3, -0.25) is 14.5 Å². The number of aromatic amines is 1. The van der Waals surface area contributed by atoms with Crippen LogP contribution in [0.25, 0.3) is 0 Å². The first kappa shape index (κ1) is 17.6. The highest BCUT2D eigenvalue weighted by Crippen LogP contribution is 2.38. The molecule has 1 aromatic heterocycles. The van der Waals surface area contributed by atoms with Crippen molar-refractivity contribution in [1.29, 1.82) is 0 Å². The number of H-pyrrole nitrogens is 1. The maximum Gasteiger partial charge on any atom is 0.240 e. The summed E-state index contributed by atoms with van der Waals surface area (Å²) in [5, 5.41) is 10.2. The van der Waals surface area contributed by atoms with Crippen molar-refractivity contribution in [2.24, 2.45) is 0 Å². The second-order valence-corrected chi connectivity index (χ2v) is 7.52. The minimum absolute atomic E-state index is 0.00771. The first-order valence-corrected chi connectivity index (χ1v) is 9.60. The van der Waals surface area contributed by atoms with E-state index in [1.807, 2.05) is 4.57 Å². The topological polar surface area (TPSA) is 71.9 Å². The molecule has 2 fully saturated rings. The summed E-state index contributed by atoms with van der Waals surface area (Å²) in [5.74, 6) is 0.871. The van der Waals surface area contributed by atoms with Crippen molar-refractivity contribution in [3.05, 3.63) is 10.6 Å². The van der Waals surface area contributed by atoms with E-state index in [4.69, 9.17) is 17.0 Å². The van der Waals surface area contributed by atoms with Gasteiger partial charge < -0.3 is 10.1 Å². The van der Waals surface area contributed by atoms with Gasteiger partial charge >= 0.3 is 0 Å². The molecule has 0 unspecified atom stereocenters. The molecule has 0 radical (unpaired) electrons. The molecule has 2 aliphatic rings. The molecule has 6 nitrogen and oxygen atoms in total. The Bertz CT molecular complexity index is 613. The van der Waals surface area contributed by atoms with Gasteiger partial charge in [-0.1, -0.05) is 26.2 Å². The lowest BCUT2D eigenvalue weighted by Gasteiger charge is -2.43. The molecule has 1 aliphatic carbocycles. The Balaban J connectivity index is 1.58. The van der Waals surface area contributed by atoms with Gasteiger partial charge in [0.05, 0.1) is 5.60 Å². The second-order valence-electron chi connectivity index (χ2n) is 7.13. The Morgan fingerprint density at radius 1 is 1.46 bits per heavy atom. The predicted octanol–water partition coefficient (Wildman–Crippen LogP) is 2.89. The summed E-state index contributed by atoms with van der Waals surface area (Å²) < 4.78 is 8.43. The van der Waals surface area contributed by atoms with Gasteiger partial charge in [0, 0.05) is 19.1 Å². The van der Waals surface area contributed by atoms with Crippen LogP contribution < -0.4 is 5.32 Å². The van der Waals surface area contributed by atoms with E-state index in [1.54, 1.807) is 0 Å². The van der Waals surface area contributed by atoms with Crippen LogP contribution in [0.1, 0.15) is 64.1 Å². The van der Waals surface area contributed by atoms with E-state index < -0.39 is 0 Å². The summed E-state index contributed by atoms with van der Waals surface area (Å²) >= 11 is 5.25. The molecular weight excluding hydrogens is 324 g/mol. The predicted molar refractivity (Wildman–Crippen MR) is 94.3 cm³/mol. The first-order valence-electron chi connectivity index (χ1n) is 9.19. The fraction of sp³-hybridized carbons (Fsp3) is 0.824. The van der Waals surface area contributed by atoms with Crippen molar-refractivity contribution in [1.82, 2.24) is 20.1 Å². The van der Waals surface area contributed by atoms with E-state index in [0.717, 1.165) is 51.0 Å². The summed E-state index contributed by atoms with van der Waals surface area (Å²) in [4.78, 5) is 12.5. The third-order valence-electron chi connectivity index (χ3n) is 5.24. The van der Waals surface area contributed by atoms with Crippen LogP contribution >= 0.6 is 12.2 Å². The normalized spacial score (nSPS) is 23.3. The quantitative estimate of drug-likeness (QED) is 0.799. The SMILES string of the molecule is CCCc1n[nH]c(=S)n1CC(=O)N[C@H]1CCOC2(CCCCC2)C1. The number of ether oxygens (including phenoxy) is 1. The van der Waals surface area contributed by atoms with E-state index in [-0.39, 0.29) is 24.1 Å². The van der Waals surface area contributed by atoms with Crippen LogP contribution in [0.3, 0.4) is 0 Å². The third kappa shape index (κ3) is 4.06. The number of nitrogens with one attached hydrogen (secondary N) is 2. The number of carbonyl (C=O) groups is 1. The van der Waals surface area contributed by atoms with Crippen molar-refractivity contribution in [3.63, 3.8) is 0 Å². The maximum absolute atomic E-state index is 12.5. The molecule has 7 heteroatoms. The first-order chi connectivity index (χ1) is 11.6. The standard InChI is InChI=1S/C17H28N4O2S/c1-2-6-14-19-20-16(24)21(14)12-15(22)18-13-7-10-23-17(11-13)8-4-3-5-9-17/h13H,2-12H2,1H3,(H,18,22)(H,20,24)/t13-/m0/s1. The van der Waals surface area contributed by atoms with Crippen LogP contribution in [-0.2, 0) is 22.5 Å². The molecule has 1 aromatic rings. The van der Waals surface area contributed by atoms with Crippen molar-refractivity contribution in [3.8, 4) is 0 Å². The monoisotopic (exact) mass is 352 g/mol. The number of aromatic nitrogens is 3. The molecule has 2 heterocycles. The van der Waals surface area contributed by atoms with Gasteiger partial charge in [-0.15, -0.1) is 0 Å². The second kappa shape index (κ2) is 7.78. The zero-order chi connectivity index (χ0) is 17.0. The van der Waals surface area contributed by atoms with E-state index in [0.29, 0.717) is 4.77 Å². The summed E-state index contributed by atoms with van der Waals surface area (Å²) in [7, 11) is 0. The number of nitrogens with zero attached hydrogens (tertiary/aromatic N) is 2. The van der Waals surface area contributed by atoms with Crippen LogP contribution in [0, 0.1) is 4.77 Å². The van der Waals surface area contributed by atoms with E-state index in [9.17, 15) is 4.79 Å². The van der Waals surface area contributed by atoms with E-state index >= 15 is 0 Å². The Morgan fingerprint density at radius 3 is 3.00 bits per heavy atom. The molecule has 24 heavy (non-hydrogen) atoms. The number of aryl methyl sites for hydroxylation is 1. The molecule has 1 saturated heterocycles. The number of carbonyl (C=O) groups excluding carboxylic acids is 1. The molecule has 1 spiro atoms. The fourth-order valence-electron chi connectivity index (χ4n) is 4.04. The molecule has 1 atom stereocenters. The summed E-state index contributed by atoms with van der Waals surface area (Å²) in [5.41, 5.74) is 0.00771. The van der Waals surface area contributed by atoms with Gasteiger partial charge in [0.2, 0.25) is 5.91 Å². The highest BCUT2D eigenvalue weighted by atomic mass is 32.1. The highest BCUT2D eigenvalue weighted by molar-refractivity contribution is 7.71. The third-order valence-corrected chi connectivity index (χ3v) is 5.55. The average molecular weight is 353 g/mol. The Morgan fingerprint density at radius 2 is 2.25 bits per heavy atom. The van der Waals surface area contributed by atoms with Gasteiger partial charge in [-0.25, -0.2) is 0 Å². The van der Waals surface area contributed by atoms with Crippen LogP contribution in [0.15, 0.2) is 0 Å². The molecule has 0 bridgehead atoms. The van der Waals surface area contributed by atoms with Crippen LogP contribution in [0.2, 0.25) is 0 Å². The fourth-order valence-corrected chi connectivity index (χ4v) is 4.26. The van der Waals surface area contributed by atoms with E-state index in [1.165, 1.54) is 19.3 Å². The van der Waals surface area contributed by atoms with Crippen LogP contribution in [-0.4, -0.2) is 38.9 Å². The molecular formula is C17H28N4O2S. The van der Waals surface area contributed by atoms with Gasteiger partial charge in [-0.2, -0.15) is 5.10 Å². The summed E-state index contributed by atoms with van der Waals surface area (Å²) in [6, 6.07) is 0.208. The molecule has 2 N–H and O–H groups in total. The van der Waals surface area contributed by atoms with Gasteiger partial charge in [0.15, 0.2) is 4.77 Å². The van der Waals surface area contributed by atoms with Crippen molar-refractivity contribution in [2.75, 3.05) is 6.61 Å². The number of hydrogen-bond acceptors (Lipinski definition) is 4. The molecule has 1 aliphatic heterocycles. The largest absolute Gasteiger partial charge is 0.375 e. The van der Waals surface area contributed by atoms with Gasteiger partial charge in [-0.05, 0) is 44.3 Å². The van der Waals surface area contributed by atoms with Crippen LogP contribution in [0.4, 0.5) is 0 Å². The summed E-state index contributed by atoms with van der Waals surface area (Å²) in [6.07, 6.45) is 9.69. The molecule has 134 valence electrons. The Labute approximate surface area is 148 Å². The summed E-state index contributed by atoms with van der Waals surface area (Å²) in [6.45, 7) is 3.08. The molecule has 3 rings (SSSR count). The van der Waals surface area contributed by atoms with Crippen LogP contribution in [0.5, 0.6) is 0 Å². The average Bonchev–Trinajstić information content (AvgIpc) is 2.89. The number of hydrogen-bond donors (Lipinski definition) is 2. The van der Waals surface area contributed by atoms with Crippen molar-refractivity contribution < 1.29 is 9.53 Å². The minimum atomic E-state index is 0.00771. The Kier molecular flexibility index (Phi) is 5.71. The van der Waals surface area contributed by atoms with Gasteiger partial charge in [0.25, 0.3) is 0 Å². The maximum atomic E-state index is 12.5. The lowest BCUT2D eigenvalue weighted by atomic mass is 9.78. The van der Waals surface area contributed by atoms with Crippen molar-refractivity contribution >= 4 is 18.1 Å². The minimum Gasteiger partial charge on any atom is -0.375 e. The Hall–Kier alpha value is -1.21. The number of rotatable bonds is 5.